The highest BCUT2D eigenvalue weighted by atomic mass is 79.9. The molecule has 0 fully saturated rings. The van der Waals surface area contributed by atoms with Crippen LogP contribution in [-0.2, 0) is 4.79 Å². The Balaban J connectivity index is 1.65. The van der Waals surface area contributed by atoms with Gasteiger partial charge < -0.3 is 15.2 Å². The lowest BCUT2D eigenvalue weighted by Gasteiger charge is -2.12. The number of nitrogens with zero attached hydrogens (tertiary/aromatic N) is 1. The number of nitrogens with two attached hydrogens (primary N) is 1. The number of thioether (sulfide) groups is 1. The molecule has 0 unspecified atom stereocenters. The van der Waals surface area contributed by atoms with Crippen molar-refractivity contribution in [3.05, 3.63) is 62.5 Å². The molecule has 3 rings (SSSR count). The molecule has 27 heavy (non-hydrogen) atoms. The van der Waals surface area contributed by atoms with Crippen molar-refractivity contribution in [1.29, 1.82) is 0 Å². The van der Waals surface area contributed by atoms with E-state index in [-0.39, 0.29) is 11.1 Å². The van der Waals surface area contributed by atoms with Crippen LogP contribution < -0.4 is 15.2 Å². The quantitative estimate of drug-likeness (QED) is 0.523. The van der Waals surface area contributed by atoms with Gasteiger partial charge in [0.1, 0.15) is 24.7 Å². The molecule has 0 saturated heterocycles. The van der Waals surface area contributed by atoms with Crippen LogP contribution in [0.3, 0.4) is 0 Å². The number of hydrogen-bond acceptors (Lipinski definition) is 5. The van der Waals surface area contributed by atoms with Crippen molar-refractivity contribution in [2.45, 2.75) is 13.8 Å². The summed E-state index contributed by atoms with van der Waals surface area (Å²) in [5.74, 6) is 1.18. The maximum atomic E-state index is 11.8. The minimum Gasteiger partial charge on any atom is -0.490 e. The van der Waals surface area contributed by atoms with E-state index in [1.807, 2.05) is 37.3 Å². The van der Waals surface area contributed by atoms with Crippen molar-refractivity contribution in [2.24, 2.45) is 10.7 Å². The molecule has 2 N–H and O–H groups in total. The Morgan fingerprint density at radius 3 is 2.48 bits per heavy atom. The number of benzene rings is 2. The van der Waals surface area contributed by atoms with Gasteiger partial charge in [-0.1, -0.05) is 33.6 Å². The monoisotopic (exact) mass is 446 g/mol. The largest absolute Gasteiger partial charge is 0.490 e. The molecular formula is C20H19BrN2O3S. The highest BCUT2D eigenvalue weighted by molar-refractivity contribution is 9.10. The standard InChI is InChI=1S/C20H19BrN2O3S/c1-12-3-5-16(13(2)9-12)25-7-8-26-17-6-4-15(21)10-14(17)11-18-19(24)23-20(22)27-18/h3-6,9-11H,7-8H2,1-2H3,(H2,22,23,24)/b18-11-. The van der Waals surface area contributed by atoms with Crippen LogP contribution in [0.2, 0.25) is 0 Å². The number of aliphatic imine (C=N–C) groups is 1. The summed E-state index contributed by atoms with van der Waals surface area (Å²) in [5.41, 5.74) is 8.68. The van der Waals surface area contributed by atoms with Crippen LogP contribution in [0.4, 0.5) is 0 Å². The SMILES string of the molecule is Cc1ccc(OCCOc2ccc(Br)cc2/C=C2\SC(N)=NC2=O)c(C)c1. The molecule has 2 aromatic carbocycles. The first kappa shape index (κ1) is 19.5. The molecule has 1 aliphatic heterocycles. The van der Waals surface area contributed by atoms with Crippen LogP contribution >= 0.6 is 27.7 Å². The van der Waals surface area contributed by atoms with Crippen LogP contribution in [0.1, 0.15) is 16.7 Å². The summed E-state index contributed by atoms with van der Waals surface area (Å²) in [6.45, 7) is 4.87. The van der Waals surface area contributed by atoms with E-state index in [1.54, 1.807) is 6.08 Å². The van der Waals surface area contributed by atoms with Gasteiger partial charge in [-0.25, -0.2) is 0 Å². The summed E-state index contributed by atoms with van der Waals surface area (Å²) in [7, 11) is 0. The van der Waals surface area contributed by atoms with Gasteiger partial charge in [0, 0.05) is 10.0 Å². The topological polar surface area (TPSA) is 73.9 Å². The summed E-state index contributed by atoms with van der Waals surface area (Å²) in [6.07, 6.45) is 1.74. The predicted molar refractivity (Wildman–Crippen MR) is 113 cm³/mol. The maximum absolute atomic E-state index is 11.8. The van der Waals surface area contributed by atoms with E-state index >= 15 is 0 Å². The lowest BCUT2D eigenvalue weighted by molar-refractivity contribution is -0.113. The number of carbonyl (C=O) groups is 1. The van der Waals surface area contributed by atoms with Gasteiger partial charge in [-0.2, -0.15) is 4.99 Å². The zero-order chi connectivity index (χ0) is 19.4. The molecule has 0 aliphatic carbocycles. The summed E-state index contributed by atoms with van der Waals surface area (Å²) in [5, 5.41) is 0.255. The molecule has 1 aliphatic rings. The van der Waals surface area contributed by atoms with E-state index in [2.05, 4.69) is 33.9 Å². The lowest BCUT2D eigenvalue weighted by Crippen LogP contribution is -2.10. The Bertz CT molecular complexity index is 941. The first-order chi connectivity index (χ1) is 12.9. The predicted octanol–water partition coefficient (Wildman–Crippen LogP) is 4.45. The maximum Gasteiger partial charge on any atom is 0.286 e. The van der Waals surface area contributed by atoms with E-state index in [9.17, 15) is 4.79 Å². The molecule has 0 spiro atoms. The van der Waals surface area contributed by atoms with E-state index in [4.69, 9.17) is 15.2 Å². The molecular weight excluding hydrogens is 428 g/mol. The van der Waals surface area contributed by atoms with E-state index in [0.717, 1.165) is 33.1 Å². The zero-order valence-electron chi connectivity index (χ0n) is 15.0. The van der Waals surface area contributed by atoms with Gasteiger partial charge in [0.05, 0.1) is 4.91 Å². The molecule has 2 aromatic rings. The fraction of sp³-hybridized carbons (Fsp3) is 0.200. The fourth-order valence-electron chi connectivity index (χ4n) is 2.59. The molecule has 0 saturated carbocycles. The zero-order valence-corrected chi connectivity index (χ0v) is 17.4. The third-order valence-corrected chi connectivity index (χ3v) is 5.13. The number of halogens is 1. The molecule has 0 aromatic heterocycles. The van der Waals surface area contributed by atoms with Crippen molar-refractivity contribution in [3.8, 4) is 11.5 Å². The van der Waals surface area contributed by atoms with Gasteiger partial charge in [0.25, 0.3) is 5.91 Å². The minimum absolute atomic E-state index is 0.255. The Kier molecular flexibility index (Phi) is 6.23. The van der Waals surface area contributed by atoms with Crippen molar-refractivity contribution in [1.82, 2.24) is 0 Å². The Labute approximate surface area is 170 Å². The smallest absolute Gasteiger partial charge is 0.286 e. The van der Waals surface area contributed by atoms with Gasteiger partial charge in [0.2, 0.25) is 0 Å². The minimum atomic E-state index is -0.332. The number of hydrogen-bond donors (Lipinski definition) is 1. The van der Waals surface area contributed by atoms with Crippen molar-refractivity contribution >= 4 is 44.8 Å². The van der Waals surface area contributed by atoms with Crippen LogP contribution in [0.25, 0.3) is 6.08 Å². The van der Waals surface area contributed by atoms with Gasteiger partial charge in [-0.3, -0.25) is 4.79 Å². The van der Waals surface area contributed by atoms with Crippen LogP contribution in [-0.4, -0.2) is 24.3 Å². The fourth-order valence-corrected chi connectivity index (χ4v) is 3.65. The lowest BCUT2D eigenvalue weighted by atomic mass is 10.1. The first-order valence-electron chi connectivity index (χ1n) is 8.33. The molecule has 7 heteroatoms. The number of carbonyl (C=O) groups excluding carboxylic acids is 1. The van der Waals surface area contributed by atoms with Crippen LogP contribution in [0.15, 0.2) is 50.8 Å². The Morgan fingerprint density at radius 2 is 1.81 bits per heavy atom. The van der Waals surface area contributed by atoms with E-state index < -0.39 is 0 Å². The average molecular weight is 447 g/mol. The third kappa shape index (κ3) is 5.14. The molecule has 0 bridgehead atoms. The van der Waals surface area contributed by atoms with E-state index in [0.29, 0.717) is 23.9 Å². The Hall–Kier alpha value is -2.25. The summed E-state index contributed by atoms with van der Waals surface area (Å²) < 4.78 is 12.6. The summed E-state index contributed by atoms with van der Waals surface area (Å²) >= 11 is 4.60. The highest BCUT2D eigenvalue weighted by Crippen LogP contribution is 2.31. The highest BCUT2D eigenvalue weighted by Gasteiger charge is 2.20. The number of aryl methyl sites for hydroxylation is 2. The number of rotatable bonds is 6. The van der Waals surface area contributed by atoms with Gasteiger partial charge in [-0.05, 0) is 61.5 Å². The molecule has 0 radical (unpaired) electrons. The second-order valence-electron chi connectivity index (χ2n) is 6.01. The number of amides is 1. The number of amidine groups is 1. The molecule has 1 amide bonds. The average Bonchev–Trinajstić information content (AvgIpc) is 2.92. The molecule has 5 nitrogen and oxygen atoms in total. The normalized spacial score (nSPS) is 15.1. The molecule has 0 atom stereocenters. The van der Waals surface area contributed by atoms with Gasteiger partial charge in [-0.15, -0.1) is 0 Å². The summed E-state index contributed by atoms with van der Waals surface area (Å²) in [6, 6.07) is 11.7. The molecule has 1 heterocycles. The second-order valence-corrected chi connectivity index (χ2v) is 7.99. The molecule has 140 valence electrons. The first-order valence-corrected chi connectivity index (χ1v) is 9.94. The van der Waals surface area contributed by atoms with Gasteiger partial charge in [0.15, 0.2) is 5.17 Å². The van der Waals surface area contributed by atoms with Crippen molar-refractivity contribution in [2.75, 3.05) is 13.2 Å². The Morgan fingerprint density at radius 1 is 1.11 bits per heavy atom. The van der Waals surface area contributed by atoms with E-state index in [1.165, 1.54) is 5.56 Å². The summed E-state index contributed by atoms with van der Waals surface area (Å²) in [4.78, 5) is 16.0. The van der Waals surface area contributed by atoms with Crippen molar-refractivity contribution < 1.29 is 14.3 Å². The van der Waals surface area contributed by atoms with Crippen LogP contribution in [0, 0.1) is 13.8 Å². The van der Waals surface area contributed by atoms with Crippen LogP contribution in [0.5, 0.6) is 11.5 Å². The van der Waals surface area contributed by atoms with Gasteiger partial charge >= 0.3 is 0 Å². The number of ether oxygens (including phenoxy) is 2. The van der Waals surface area contributed by atoms with Crippen molar-refractivity contribution in [3.63, 3.8) is 0 Å². The second kappa shape index (κ2) is 8.63. The third-order valence-electron chi connectivity index (χ3n) is 3.82.